The smallest absolute Gasteiger partial charge is 0.263 e. The van der Waals surface area contributed by atoms with Gasteiger partial charge in [0.05, 0.1) is 6.21 Å². The first-order valence-electron chi connectivity index (χ1n) is 8.75. The molecule has 29 heavy (non-hydrogen) atoms. The summed E-state index contributed by atoms with van der Waals surface area (Å²) in [5.74, 6) is -1.06. The van der Waals surface area contributed by atoms with E-state index in [-0.39, 0.29) is 23.8 Å². The van der Waals surface area contributed by atoms with Crippen molar-refractivity contribution in [3.05, 3.63) is 69.9 Å². The lowest BCUT2D eigenvalue weighted by atomic mass is 10.2. The molecule has 1 heterocycles. The van der Waals surface area contributed by atoms with Crippen molar-refractivity contribution in [2.24, 2.45) is 10.1 Å². The molecule has 0 aromatic heterocycles. The maximum Gasteiger partial charge on any atom is 0.263 e. The zero-order valence-electron chi connectivity index (χ0n) is 15.5. The topological polar surface area (TPSA) is 74.1 Å². The lowest BCUT2D eigenvalue weighted by Crippen LogP contribution is -2.32. The van der Waals surface area contributed by atoms with E-state index in [2.05, 4.69) is 31.3 Å². The Morgan fingerprint density at radius 1 is 1.31 bits per heavy atom. The molecule has 1 unspecified atom stereocenters. The molecule has 2 aromatic rings. The van der Waals surface area contributed by atoms with Crippen LogP contribution in [0.25, 0.3) is 0 Å². The van der Waals surface area contributed by atoms with Crippen LogP contribution in [-0.4, -0.2) is 40.5 Å². The molecule has 0 bridgehead atoms. The molecule has 0 aliphatic carbocycles. The quantitative estimate of drug-likeness (QED) is 0.647. The van der Waals surface area contributed by atoms with Crippen molar-refractivity contribution >= 4 is 50.9 Å². The van der Waals surface area contributed by atoms with Crippen LogP contribution in [0.2, 0.25) is 0 Å². The summed E-state index contributed by atoms with van der Waals surface area (Å²) in [6.45, 7) is 0.393. The van der Waals surface area contributed by atoms with Gasteiger partial charge in [0, 0.05) is 30.0 Å². The zero-order chi connectivity index (χ0) is 20.8. The Labute approximate surface area is 180 Å². The summed E-state index contributed by atoms with van der Waals surface area (Å²) in [6, 6.07) is 14.0. The normalized spacial score (nSPS) is 18.0. The van der Waals surface area contributed by atoms with Gasteiger partial charge in [-0.15, -0.1) is 0 Å². The average Bonchev–Trinajstić information content (AvgIpc) is 3.02. The lowest BCUT2D eigenvalue weighted by Gasteiger charge is -2.10. The molecular formula is C20H18BrFN4O2S. The predicted molar refractivity (Wildman–Crippen MR) is 116 cm³/mol. The molecule has 2 amide bonds. The van der Waals surface area contributed by atoms with Crippen molar-refractivity contribution in [3.63, 3.8) is 0 Å². The van der Waals surface area contributed by atoms with Crippen molar-refractivity contribution in [1.29, 1.82) is 0 Å². The van der Waals surface area contributed by atoms with E-state index in [0.717, 1.165) is 10.6 Å². The first-order valence-corrected chi connectivity index (χ1v) is 10.4. The van der Waals surface area contributed by atoms with Gasteiger partial charge >= 0.3 is 0 Å². The Bertz CT molecular complexity index is 968. The van der Waals surface area contributed by atoms with E-state index in [1.807, 2.05) is 30.3 Å². The highest BCUT2D eigenvalue weighted by Gasteiger charge is 2.39. The summed E-state index contributed by atoms with van der Waals surface area (Å²) in [5.41, 5.74) is 1.21. The van der Waals surface area contributed by atoms with Crippen LogP contribution in [-0.2, 0) is 16.1 Å². The van der Waals surface area contributed by atoms with Crippen molar-refractivity contribution in [1.82, 2.24) is 10.3 Å². The number of carbonyl (C=O) groups excluding carboxylic acids is 2. The second kappa shape index (κ2) is 9.80. The molecule has 2 aromatic carbocycles. The van der Waals surface area contributed by atoms with Crippen LogP contribution in [0.15, 0.2) is 63.1 Å². The molecule has 1 saturated heterocycles. The number of halogens is 2. The van der Waals surface area contributed by atoms with E-state index in [1.54, 1.807) is 12.1 Å². The van der Waals surface area contributed by atoms with Crippen LogP contribution < -0.4 is 5.32 Å². The van der Waals surface area contributed by atoms with Gasteiger partial charge in [-0.05, 0) is 23.8 Å². The van der Waals surface area contributed by atoms with Gasteiger partial charge in [0.2, 0.25) is 5.91 Å². The number of thioether (sulfide) groups is 1. The van der Waals surface area contributed by atoms with Gasteiger partial charge in [0.25, 0.3) is 5.91 Å². The van der Waals surface area contributed by atoms with Gasteiger partial charge in [-0.1, -0.05) is 58.0 Å². The van der Waals surface area contributed by atoms with Gasteiger partial charge in [-0.3, -0.25) is 14.6 Å². The second-order valence-electron chi connectivity index (χ2n) is 6.14. The van der Waals surface area contributed by atoms with E-state index in [1.165, 1.54) is 31.1 Å². The number of nitrogens with zero attached hydrogens (tertiary/aromatic N) is 3. The fourth-order valence-corrected chi connectivity index (χ4v) is 4.02. The maximum atomic E-state index is 13.9. The van der Waals surface area contributed by atoms with Gasteiger partial charge in [0.1, 0.15) is 11.1 Å². The third kappa shape index (κ3) is 5.51. The van der Waals surface area contributed by atoms with E-state index in [4.69, 9.17) is 0 Å². The summed E-state index contributed by atoms with van der Waals surface area (Å²) < 4.78 is 14.6. The molecule has 1 aliphatic heterocycles. The maximum absolute atomic E-state index is 13.9. The lowest BCUT2D eigenvalue weighted by molar-refractivity contribution is -0.129. The van der Waals surface area contributed by atoms with E-state index >= 15 is 0 Å². The number of amidine groups is 1. The Balaban J connectivity index is 1.64. The number of nitrogens with one attached hydrogen (secondary N) is 1. The highest BCUT2D eigenvalue weighted by atomic mass is 79.9. The van der Waals surface area contributed by atoms with E-state index < -0.39 is 11.1 Å². The van der Waals surface area contributed by atoms with Gasteiger partial charge < -0.3 is 5.32 Å². The Morgan fingerprint density at radius 2 is 2.07 bits per heavy atom. The van der Waals surface area contributed by atoms with Crippen LogP contribution in [0.3, 0.4) is 0 Å². The van der Waals surface area contributed by atoms with Crippen LogP contribution in [0.5, 0.6) is 0 Å². The molecule has 6 nitrogen and oxygen atoms in total. The largest absolute Gasteiger partial charge is 0.352 e. The summed E-state index contributed by atoms with van der Waals surface area (Å²) in [7, 11) is 1.54. The number of carbonyl (C=O) groups is 2. The molecule has 1 fully saturated rings. The van der Waals surface area contributed by atoms with Gasteiger partial charge in [-0.25, -0.2) is 4.39 Å². The fourth-order valence-electron chi connectivity index (χ4n) is 2.61. The standard InChI is InChI=1S/C20H18BrFN4O2S/c1-23-20-26(25-12-14-9-15(21)7-8-16(14)22)19(28)17(29-20)10-18(27)24-11-13-5-3-2-4-6-13/h2-9,12,17H,10-11H2,1H3,(H,24,27)/b23-20?,25-12+. The third-order valence-corrected chi connectivity index (χ3v) is 5.79. The molecule has 0 radical (unpaired) electrons. The van der Waals surface area contributed by atoms with Crippen LogP contribution in [0.4, 0.5) is 4.39 Å². The minimum atomic E-state index is -0.631. The number of amides is 2. The molecule has 9 heteroatoms. The number of benzene rings is 2. The first kappa shape index (κ1) is 21.2. The van der Waals surface area contributed by atoms with Crippen molar-refractivity contribution in [2.45, 2.75) is 18.2 Å². The minimum absolute atomic E-state index is 0.00657. The molecular weight excluding hydrogens is 459 g/mol. The van der Waals surface area contributed by atoms with Crippen molar-refractivity contribution < 1.29 is 14.0 Å². The second-order valence-corrected chi connectivity index (χ2v) is 8.23. The molecule has 1 N–H and O–H groups in total. The molecule has 0 saturated carbocycles. The van der Waals surface area contributed by atoms with Crippen LogP contribution >= 0.6 is 27.7 Å². The highest BCUT2D eigenvalue weighted by Crippen LogP contribution is 2.29. The van der Waals surface area contributed by atoms with Crippen LogP contribution in [0, 0.1) is 5.82 Å². The molecule has 1 atom stereocenters. The zero-order valence-corrected chi connectivity index (χ0v) is 17.9. The van der Waals surface area contributed by atoms with Crippen LogP contribution in [0.1, 0.15) is 17.5 Å². The third-order valence-electron chi connectivity index (χ3n) is 4.08. The Kier molecular flexibility index (Phi) is 7.16. The number of hydrogen-bond acceptors (Lipinski definition) is 5. The van der Waals surface area contributed by atoms with Crippen molar-refractivity contribution in [2.75, 3.05) is 7.05 Å². The summed E-state index contributed by atoms with van der Waals surface area (Å²) in [6.07, 6.45) is 1.27. The Morgan fingerprint density at radius 3 is 2.79 bits per heavy atom. The first-order chi connectivity index (χ1) is 14.0. The number of aliphatic imine (C=N–C) groups is 1. The molecule has 150 valence electrons. The number of rotatable bonds is 6. The van der Waals surface area contributed by atoms with Gasteiger partial charge in [-0.2, -0.15) is 10.1 Å². The SMILES string of the molecule is CN=C1SC(CC(=O)NCc2ccccc2)C(=O)N1/N=C/c1cc(Br)ccc1F. The minimum Gasteiger partial charge on any atom is -0.352 e. The van der Waals surface area contributed by atoms with Gasteiger partial charge in [0.15, 0.2) is 5.17 Å². The monoisotopic (exact) mass is 476 g/mol. The highest BCUT2D eigenvalue weighted by molar-refractivity contribution is 9.10. The Hall–Kier alpha value is -2.52. The van der Waals surface area contributed by atoms with E-state index in [0.29, 0.717) is 16.2 Å². The van der Waals surface area contributed by atoms with E-state index in [9.17, 15) is 14.0 Å². The summed E-state index contributed by atoms with van der Waals surface area (Å²) >= 11 is 4.44. The molecule has 0 spiro atoms. The molecule has 1 aliphatic rings. The van der Waals surface area contributed by atoms with Crippen molar-refractivity contribution in [3.8, 4) is 0 Å². The number of hydrazone groups is 1. The predicted octanol–water partition coefficient (Wildman–Crippen LogP) is 3.56. The molecule has 3 rings (SSSR count). The fraction of sp³-hybridized carbons (Fsp3) is 0.200. The summed E-state index contributed by atoms with van der Waals surface area (Å²) in [5, 5.41) is 7.75. The summed E-state index contributed by atoms with van der Waals surface area (Å²) in [4.78, 5) is 29.0. The average molecular weight is 477 g/mol. The number of hydrogen-bond donors (Lipinski definition) is 1.